The third-order valence-electron chi connectivity index (χ3n) is 6.51. The number of hydrogen-bond donors (Lipinski definition) is 2. The van der Waals surface area contributed by atoms with Crippen LogP contribution in [0.1, 0.15) is 33.6 Å². The van der Waals surface area contributed by atoms with Crippen LogP contribution in [0.4, 0.5) is 0 Å². The quantitative estimate of drug-likeness (QED) is 0.654. The molecule has 162 valence electrons. The summed E-state index contributed by atoms with van der Waals surface area (Å²) < 4.78 is 6.99. The van der Waals surface area contributed by atoms with Gasteiger partial charge >= 0.3 is 0 Å². The van der Waals surface area contributed by atoms with E-state index in [-0.39, 0.29) is 12.5 Å². The number of nitrogens with zero attached hydrogens (tertiary/aromatic N) is 3. The van der Waals surface area contributed by atoms with Gasteiger partial charge in [-0.2, -0.15) is 0 Å². The molecule has 0 unspecified atom stereocenters. The molecule has 1 amide bonds. The highest BCUT2D eigenvalue weighted by atomic mass is 35.5. The van der Waals surface area contributed by atoms with Gasteiger partial charge in [-0.25, -0.2) is 4.98 Å². The number of halogens is 1. The number of nitrogens with one attached hydrogen (secondary N) is 1. The number of methoxy groups -OCH3 is 1. The second-order valence-electron chi connectivity index (χ2n) is 8.45. The molecular formula is C23H25ClN4O3. The second-order valence-corrected chi connectivity index (χ2v) is 8.88. The molecule has 1 fully saturated rings. The van der Waals surface area contributed by atoms with Crippen LogP contribution in [0, 0.1) is 0 Å². The van der Waals surface area contributed by atoms with Crippen molar-refractivity contribution in [3.8, 4) is 0 Å². The van der Waals surface area contributed by atoms with Crippen molar-refractivity contribution in [3.63, 3.8) is 0 Å². The van der Waals surface area contributed by atoms with Crippen molar-refractivity contribution in [2.24, 2.45) is 0 Å². The summed E-state index contributed by atoms with van der Waals surface area (Å²) in [6.45, 7) is 1.92. The van der Waals surface area contributed by atoms with E-state index >= 15 is 0 Å². The highest BCUT2D eigenvalue weighted by molar-refractivity contribution is 6.30. The number of pyridine rings is 1. The average molecular weight is 441 g/mol. The van der Waals surface area contributed by atoms with Gasteiger partial charge in [-0.05, 0) is 30.0 Å². The van der Waals surface area contributed by atoms with Gasteiger partial charge in [0.05, 0.1) is 23.3 Å². The first-order valence-electron chi connectivity index (χ1n) is 10.4. The third-order valence-corrected chi connectivity index (χ3v) is 6.72. The molecule has 5 rings (SSSR count). The number of aliphatic hydroxyl groups excluding tert-OH is 1. The van der Waals surface area contributed by atoms with E-state index in [1.54, 1.807) is 34.9 Å². The van der Waals surface area contributed by atoms with Crippen LogP contribution >= 0.6 is 11.6 Å². The second kappa shape index (κ2) is 7.91. The summed E-state index contributed by atoms with van der Waals surface area (Å²) >= 11 is 6.20. The number of likely N-dealkylation sites (tertiary alicyclic amines) is 1. The molecule has 2 aliphatic rings. The molecule has 7 nitrogen and oxygen atoms in total. The highest BCUT2D eigenvalue weighted by Crippen LogP contribution is 2.32. The van der Waals surface area contributed by atoms with Crippen molar-refractivity contribution in [2.75, 3.05) is 20.2 Å². The zero-order valence-electron chi connectivity index (χ0n) is 17.3. The normalized spacial score (nSPS) is 23.3. The number of carbonyl (C=O) groups excluding carboxylic acids is 1. The first kappa shape index (κ1) is 20.5. The van der Waals surface area contributed by atoms with Crippen molar-refractivity contribution in [3.05, 3.63) is 70.1 Å². The zero-order chi connectivity index (χ0) is 21.6. The fourth-order valence-corrected chi connectivity index (χ4v) is 5.04. The minimum absolute atomic E-state index is 0.187. The Labute approximate surface area is 185 Å². The van der Waals surface area contributed by atoms with E-state index < -0.39 is 11.6 Å². The Kier molecular flexibility index (Phi) is 5.22. The van der Waals surface area contributed by atoms with Gasteiger partial charge in [0.15, 0.2) is 0 Å². The predicted octanol–water partition coefficient (Wildman–Crippen LogP) is 2.43. The molecule has 4 heterocycles. The minimum atomic E-state index is -0.658. The molecule has 1 aromatic carbocycles. The number of piperidine rings is 1. The molecule has 0 radical (unpaired) electrons. The van der Waals surface area contributed by atoms with Crippen LogP contribution in [0.5, 0.6) is 0 Å². The molecule has 0 saturated carbocycles. The Bertz CT molecular complexity index is 1150. The Balaban J connectivity index is 1.36. The van der Waals surface area contributed by atoms with Crippen molar-refractivity contribution in [1.82, 2.24) is 19.6 Å². The number of aromatic nitrogens is 2. The molecule has 8 heteroatoms. The van der Waals surface area contributed by atoms with Gasteiger partial charge in [0.2, 0.25) is 0 Å². The lowest BCUT2D eigenvalue weighted by molar-refractivity contribution is -0.0140. The van der Waals surface area contributed by atoms with Crippen LogP contribution in [0.2, 0.25) is 5.02 Å². The lowest BCUT2D eigenvalue weighted by Crippen LogP contribution is -2.65. The van der Waals surface area contributed by atoms with E-state index in [2.05, 4.69) is 22.4 Å². The van der Waals surface area contributed by atoms with E-state index in [0.717, 1.165) is 18.5 Å². The number of fused-ring (bicyclic) bond motifs is 2. The molecule has 2 N–H and O–H groups in total. The van der Waals surface area contributed by atoms with E-state index in [4.69, 9.17) is 16.3 Å². The maximum atomic E-state index is 13.2. The van der Waals surface area contributed by atoms with Gasteiger partial charge in [-0.15, -0.1) is 0 Å². The van der Waals surface area contributed by atoms with Crippen LogP contribution in [0.15, 0.2) is 42.7 Å². The molecule has 2 aromatic heterocycles. The molecule has 1 spiro atoms. The van der Waals surface area contributed by atoms with E-state index in [0.29, 0.717) is 35.9 Å². The number of aliphatic hydroxyl groups is 1. The van der Waals surface area contributed by atoms with Gasteiger partial charge in [-0.1, -0.05) is 35.9 Å². The molecule has 0 bridgehead atoms. The van der Waals surface area contributed by atoms with Crippen LogP contribution in [0.3, 0.4) is 0 Å². The molecular weight excluding hydrogens is 416 g/mol. The van der Waals surface area contributed by atoms with E-state index in [1.807, 2.05) is 12.1 Å². The molecule has 0 aliphatic carbocycles. The number of imidazole rings is 1. The number of ether oxygens (including phenoxy) is 1. The van der Waals surface area contributed by atoms with Crippen LogP contribution < -0.4 is 5.32 Å². The van der Waals surface area contributed by atoms with Gasteiger partial charge < -0.3 is 24.5 Å². The smallest absolute Gasteiger partial charge is 0.274 e. The Morgan fingerprint density at radius 2 is 2.16 bits per heavy atom. The fraction of sp³-hybridized carbons (Fsp3) is 0.391. The van der Waals surface area contributed by atoms with Crippen LogP contribution in [-0.4, -0.2) is 57.1 Å². The first-order valence-corrected chi connectivity index (χ1v) is 10.8. The van der Waals surface area contributed by atoms with E-state index in [1.165, 1.54) is 11.1 Å². The summed E-state index contributed by atoms with van der Waals surface area (Å²) in [4.78, 5) is 19.4. The average Bonchev–Trinajstić information content (AvgIpc) is 3.19. The first-order chi connectivity index (χ1) is 15.0. The largest absolute Gasteiger partial charge is 0.389 e. The fourth-order valence-electron chi connectivity index (χ4n) is 4.81. The number of rotatable bonds is 3. The monoisotopic (exact) mass is 440 g/mol. The van der Waals surface area contributed by atoms with Crippen molar-refractivity contribution < 1.29 is 14.6 Å². The Morgan fingerprint density at radius 3 is 2.94 bits per heavy atom. The zero-order valence-corrected chi connectivity index (χ0v) is 18.1. The molecule has 3 aromatic rings. The maximum Gasteiger partial charge on any atom is 0.274 e. The number of hydrogen-bond acceptors (Lipinski definition) is 5. The Hall–Kier alpha value is -2.45. The van der Waals surface area contributed by atoms with Crippen molar-refractivity contribution in [2.45, 2.75) is 37.6 Å². The number of β-amino-alcohol motifs (C(OH)–C–C–N with tert-alkyl or cyclic N) is 1. The van der Waals surface area contributed by atoms with Crippen molar-refractivity contribution in [1.29, 1.82) is 0 Å². The standard InChI is InChI=1S/C23H25ClN4O3/c1-31-14-17-8-18(24)11-28-12-19(26-21(17)28)22(30)27-7-6-23(20(29)13-27)9-15-4-2-3-5-16(15)10-25-23/h2-5,8,11-12,20,25,29H,6-7,9-10,13-14H2,1H3/t20-,23+/m1/s1. The van der Waals surface area contributed by atoms with Gasteiger partial charge in [0.25, 0.3) is 5.91 Å². The summed E-state index contributed by atoms with van der Waals surface area (Å²) in [7, 11) is 1.61. The molecule has 1 saturated heterocycles. The Morgan fingerprint density at radius 1 is 1.35 bits per heavy atom. The van der Waals surface area contributed by atoms with Crippen LogP contribution in [0.25, 0.3) is 5.65 Å². The summed E-state index contributed by atoms with van der Waals surface area (Å²) in [5.41, 5.74) is 3.94. The summed E-state index contributed by atoms with van der Waals surface area (Å²) in [6, 6.07) is 10.1. The minimum Gasteiger partial charge on any atom is -0.389 e. The number of benzene rings is 1. The molecule has 2 aliphatic heterocycles. The number of amides is 1. The summed E-state index contributed by atoms with van der Waals surface area (Å²) in [6.07, 6.45) is 4.20. The topological polar surface area (TPSA) is 79.1 Å². The van der Waals surface area contributed by atoms with E-state index in [9.17, 15) is 9.90 Å². The SMILES string of the molecule is COCc1cc(Cl)cn2cc(C(=O)N3CC[C@]4(Cc5ccccc5CN4)[C@H](O)C3)nc12. The third kappa shape index (κ3) is 3.61. The van der Waals surface area contributed by atoms with Gasteiger partial charge in [0, 0.05) is 44.7 Å². The highest BCUT2D eigenvalue weighted by Gasteiger charge is 2.45. The lowest BCUT2D eigenvalue weighted by atomic mass is 9.76. The molecule has 2 atom stereocenters. The lowest BCUT2D eigenvalue weighted by Gasteiger charge is -2.48. The molecule has 31 heavy (non-hydrogen) atoms. The number of carbonyl (C=O) groups is 1. The van der Waals surface area contributed by atoms with Crippen molar-refractivity contribution >= 4 is 23.2 Å². The van der Waals surface area contributed by atoms with Gasteiger partial charge in [0.1, 0.15) is 11.3 Å². The maximum absolute atomic E-state index is 13.2. The predicted molar refractivity (Wildman–Crippen MR) is 117 cm³/mol. The summed E-state index contributed by atoms with van der Waals surface area (Å²) in [5, 5.41) is 15.2. The van der Waals surface area contributed by atoms with Crippen LogP contribution in [-0.2, 0) is 24.3 Å². The summed E-state index contributed by atoms with van der Waals surface area (Å²) in [5.74, 6) is -0.187. The van der Waals surface area contributed by atoms with Gasteiger partial charge in [-0.3, -0.25) is 4.79 Å².